The fourth-order valence-electron chi connectivity index (χ4n) is 3.21. The zero-order chi connectivity index (χ0) is 19.4. The minimum absolute atomic E-state index is 0.468. The average Bonchev–Trinajstić information content (AvgIpc) is 3.02. The fraction of sp³-hybridized carbons (Fsp3) is 0.381. The zero-order valence-electron chi connectivity index (χ0n) is 15.5. The summed E-state index contributed by atoms with van der Waals surface area (Å²) >= 11 is 0. The van der Waals surface area contributed by atoms with Gasteiger partial charge in [0.1, 0.15) is 11.6 Å². The summed E-state index contributed by atoms with van der Waals surface area (Å²) in [6, 6.07) is 10.9. The number of hydrogen-bond acceptors (Lipinski definition) is 2. The van der Waals surface area contributed by atoms with Gasteiger partial charge in [-0.1, -0.05) is 38.3 Å². The van der Waals surface area contributed by atoms with Crippen LogP contribution in [-0.4, -0.2) is 16.7 Å². The molecule has 3 rings (SSSR count). The summed E-state index contributed by atoms with van der Waals surface area (Å²) in [6.07, 6.45) is -0.0788. The standard InChI is InChI=1S/C21H23F3N2O/c1-3-4-5-6-12-26-19-11-10-17(27-2)14-18(19)25-20(26)15-8-7-9-16(13-15)21(22,23)24/h7-11,13-14H,3-6,12H2,1-2H3. The molecule has 0 fully saturated rings. The maximum Gasteiger partial charge on any atom is 0.416 e. The molecule has 0 radical (unpaired) electrons. The van der Waals surface area contributed by atoms with Gasteiger partial charge in [0.15, 0.2) is 0 Å². The van der Waals surface area contributed by atoms with E-state index < -0.39 is 11.7 Å². The van der Waals surface area contributed by atoms with Crippen molar-refractivity contribution in [2.45, 2.75) is 45.3 Å². The number of halogens is 3. The number of ether oxygens (including phenoxy) is 1. The minimum atomic E-state index is -4.38. The normalized spacial score (nSPS) is 11.9. The number of unbranched alkanes of at least 4 members (excludes halogenated alkanes) is 3. The Balaban J connectivity index is 2.07. The molecule has 1 aromatic heterocycles. The van der Waals surface area contributed by atoms with E-state index in [-0.39, 0.29) is 0 Å². The van der Waals surface area contributed by atoms with Crippen LogP contribution >= 0.6 is 0 Å². The number of rotatable bonds is 7. The number of benzene rings is 2. The van der Waals surface area contributed by atoms with Crippen molar-refractivity contribution < 1.29 is 17.9 Å². The van der Waals surface area contributed by atoms with Crippen molar-refractivity contribution in [3.8, 4) is 17.1 Å². The van der Waals surface area contributed by atoms with E-state index in [2.05, 4.69) is 11.9 Å². The van der Waals surface area contributed by atoms with Crippen LogP contribution in [0.15, 0.2) is 42.5 Å². The van der Waals surface area contributed by atoms with Crippen LogP contribution in [0, 0.1) is 0 Å². The maximum absolute atomic E-state index is 13.1. The largest absolute Gasteiger partial charge is 0.497 e. The van der Waals surface area contributed by atoms with Crippen LogP contribution in [0.2, 0.25) is 0 Å². The highest BCUT2D eigenvalue weighted by Gasteiger charge is 2.30. The Kier molecular flexibility index (Phi) is 5.73. The lowest BCUT2D eigenvalue weighted by Crippen LogP contribution is -2.06. The van der Waals surface area contributed by atoms with Gasteiger partial charge in [-0.05, 0) is 30.7 Å². The lowest BCUT2D eigenvalue weighted by Gasteiger charge is -2.11. The fourth-order valence-corrected chi connectivity index (χ4v) is 3.21. The van der Waals surface area contributed by atoms with Crippen LogP contribution < -0.4 is 4.74 Å². The molecule has 6 heteroatoms. The topological polar surface area (TPSA) is 27.1 Å². The van der Waals surface area contributed by atoms with Crippen molar-refractivity contribution in [2.75, 3.05) is 7.11 Å². The van der Waals surface area contributed by atoms with E-state index in [1.807, 2.05) is 22.8 Å². The lowest BCUT2D eigenvalue weighted by molar-refractivity contribution is -0.137. The van der Waals surface area contributed by atoms with E-state index in [1.54, 1.807) is 13.2 Å². The maximum atomic E-state index is 13.1. The Morgan fingerprint density at radius 2 is 1.85 bits per heavy atom. The van der Waals surface area contributed by atoms with E-state index in [0.29, 0.717) is 23.7 Å². The Hall–Kier alpha value is -2.50. The van der Waals surface area contributed by atoms with Gasteiger partial charge in [-0.15, -0.1) is 0 Å². The third kappa shape index (κ3) is 4.26. The minimum Gasteiger partial charge on any atom is -0.497 e. The average molecular weight is 376 g/mol. The number of nitrogens with zero attached hydrogens (tertiary/aromatic N) is 2. The molecule has 0 N–H and O–H groups in total. The zero-order valence-corrected chi connectivity index (χ0v) is 15.5. The van der Waals surface area contributed by atoms with Gasteiger partial charge in [-0.25, -0.2) is 4.98 Å². The van der Waals surface area contributed by atoms with E-state index in [1.165, 1.54) is 12.1 Å². The molecule has 0 atom stereocenters. The van der Waals surface area contributed by atoms with E-state index in [9.17, 15) is 13.2 Å². The number of aromatic nitrogens is 2. The molecular weight excluding hydrogens is 353 g/mol. The molecule has 0 saturated heterocycles. The molecule has 3 aromatic rings. The molecule has 0 saturated carbocycles. The van der Waals surface area contributed by atoms with Crippen LogP contribution in [0.5, 0.6) is 5.75 Å². The molecule has 2 aromatic carbocycles. The second-order valence-electron chi connectivity index (χ2n) is 6.58. The summed E-state index contributed by atoms with van der Waals surface area (Å²) in [5.74, 6) is 1.23. The Morgan fingerprint density at radius 3 is 2.56 bits per heavy atom. The van der Waals surface area contributed by atoms with Gasteiger partial charge in [0.05, 0.1) is 23.7 Å². The Morgan fingerprint density at radius 1 is 1.04 bits per heavy atom. The van der Waals surface area contributed by atoms with E-state index >= 15 is 0 Å². The molecule has 27 heavy (non-hydrogen) atoms. The van der Waals surface area contributed by atoms with Crippen molar-refractivity contribution in [1.82, 2.24) is 9.55 Å². The molecule has 0 amide bonds. The summed E-state index contributed by atoms with van der Waals surface area (Å²) < 4.78 is 46.7. The van der Waals surface area contributed by atoms with Crippen LogP contribution in [0.3, 0.4) is 0 Å². The van der Waals surface area contributed by atoms with Crippen LogP contribution in [-0.2, 0) is 12.7 Å². The first-order valence-corrected chi connectivity index (χ1v) is 9.16. The summed E-state index contributed by atoms with van der Waals surface area (Å²) in [5.41, 5.74) is 1.43. The Labute approximate surface area is 156 Å². The predicted octanol–water partition coefficient (Wildman–Crippen LogP) is 6.31. The number of aryl methyl sites for hydroxylation is 1. The summed E-state index contributed by atoms with van der Waals surface area (Å²) in [5, 5.41) is 0. The second-order valence-corrected chi connectivity index (χ2v) is 6.58. The van der Waals surface area contributed by atoms with Gasteiger partial charge >= 0.3 is 6.18 Å². The van der Waals surface area contributed by atoms with Crippen molar-refractivity contribution in [3.05, 3.63) is 48.0 Å². The van der Waals surface area contributed by atoms with Gasteiger partial charge in [0.2, 0.25) is 0 Å². The first-order valence-electron chi connectivity index (χ1n) is 9.16. The van der Waals surface area contributed by atoms with Gasteiger partial charge in [-0.3, -0.25) is 0 Å². The molecule has 0 unspecified atom stereocenters. The molecule has 0 aliphatic heterocycles. The van der Waals surface area contributed by atoms with Crippen molar-refractivity contribution in [2.24, 2.45) is 0 Å². The molecule has 0 spiro atoms. The third-order valence-electron chi connectivity index (χ3n) is 4.64. The molecule has 3 nitrogen and oxygen atoms in total. The highest BCUT2D eigenvalue weighted by atomic mass is 19.4. The first-order chi connectivity index (χ1) is 12.9. The third-order valence-corrected chi connectivity index (χ3v) is 4.64. The lowest BCUT2D eigenvalue weighted by atomic mass is 10.1. The summed E-state index contributed by atoms with van der Waals surface area (Å²) in [6.45, 7) is 2.86. The highest BCUT2D eigenvalue weighted by Crippen LogP contribution is 2.33. The quantitative estimate of drug-likeness (QED) is 0.452. The van der Waals surface area contributed by atoms with Gasteiger partial charge in [-0.2, -0.15) is 13.2 Å². The number of alkyl halides is 3. The van der Waals surface area contributed by atoms with Gasteiger partial charge < -0.3 is 9.30 Å². The summed E-state index contributed by atoms with van der Waals surface area (Å²) in [4.78, 5) is 4.63. The smallest absolute Gasteiger partial charge is 0.416 e. The van der Waals surface area contributed by atoms with Gasteiger partial charge in [0.25, 0.3) is 0 Å². The van der Waals surface area contributed by atoms with E-state index in [0.717, 1.165) is 42.8 Å². The number of hydrogen-bond donors (Lipinski definition) is 0. The van der Waals surface area contributed by atoms with Crippen molar-refractivity contribution >= 4 is 11.0 Å². The van der Waals surface area contributed by atoms with Crippen molar-refractivity contribution in [3.63, 3.8) is 0 Å². The molecule has 144 valence electrons. The van der Waals surface area contributed by atoms with Crippen LogP contribution in [0.1, 0.15) is 38.2 Å². The summed E-state index contributed by atoms with van der Waals surface area (Å²) in [7, 11) is 1.58. The number of methoxy groups -OCH3 is 1. The van der Waals surface area contributed by atoms with E-state index in [4.69, 9.17) is 4.74 Å². The highest BCUT2D eigenvalue weighted by molar-refractivity contribution is 5.82. The van der Waals surface area contributed by atoms with Crippen LogP contribution in [0.25, 0.3) is 22.4 Å². The molecule has 0 aliphatic rings. The molecule has 1 heterocycles. The second kappa shape index (κ2) is 8.03. The predicted molar refractivity (Wildman–Crippen MR) is 101 cm³/mol. The molecule has 0 bridgehead atoms. The van der Waals surface area contributed by atoms with Crippen molar-refractivity contribution in [1.29, 1.82) is 0 Å². The number of fused-ring (bicyclic) bond motifs is 1. The Bertz CT molecular complexity index is 915. The number of imidazole rings is 1. The molecule has 0 aliphatic carbocycles. The monoisotopic (exact) mass is 376 g/mol. The first kappa shape index (κ1) is 19.3. The SMILES string of the molecule is CCCCCCn1c(-c2cccc(C(F)(F)F)c2)nc2cc(OC)ccc21. The van der Waals surface area contributed by atoms with Crippen LogP contribution in [0.4, 0.5) is 13.2 Å². The van der Waals surface area contributed by atoms with Gasteiger partial charge in [0, 0.05) is 18.2 Å². The molecular formula is C21H23F3N2O.